The van der Waals surface area contributed by atoms with Gasteiger partial charge in [0.05, 0.1) is 18.3 Å². The van der Waals surface area contributed by atoms with Crippen molar-refractivity contribution < 1.29 is 25.2 Å². The van der Waals surface area contributed by atoms with E-state index in [-0.39, 0.29) is 6.42 Å². The molecule has 5 heteroatoms. The van der Waals surface area contributed by atoms with Gasteiger partial charge >= 0.3 is 5.97 Å². The summed E-state index contributed by atoms with van der Waals surface area (Å²) in [6.45, 7) is 2.01. The number of aliphatic hydroxyl groups is 3. The van der Waals surface area contributed by atoms with Crippen LogP contribution in [0.3, 0.4) is 0 Å². The predicted molar refractivity (Wildman–Crippen MR) is 109 cm³/mol. The Balaban J connectivity index is 4.03. The number of allylic oxidation sites excluding steroid dienone is 8. The fourth-order valence-electron chi connectivity index (χ4n) is 1.94. The maximum absolute atomic E-state index is 10.3. The highest BCUT2D eigenvalue weighted by Crippen LogP contribution is 2.03. The summed E-state index contributed by atoms with van der Waals surface area (Å²) in [5.74, 6) is -0.831. The average Bonchev–Trinajstić information content (AvgIpc) is 2.63. The Kier molecular flexibility index (Phi) is 15.8. The van der Waals surface area contributed by atoms with Crippen molar-refractivity contribution in [2.45, 2.75) is 57.3 Å². The lowest BCUT2D eigenvalue weighted by molar-refractivity contribution is -0.136. The van der Waals surface area contributed by atoms with Crippen LogP contribution in [0.2, 0.25) is 0 Å². The molecule has 0 aromatic heterocycles. The highest BCUT2D eigenvalue weighted by atomic mass is 16.4. The van der Waals surface area contributed by atoms with Crippen molar-refractivity contribution in [2.24, 2.45) is 0 Å². The number of aliphatic hydroxyl groups excluding tert-OH is 3. The van der Waals surface area contributed by atoms with Crippen LogP contribution in [0.5, 0.6) is 0 Å². The molecule has 4 N–H and O–H groups in total. The van der Waals surface area contributed by atoms with Gasteiger partial charge in [0.25, 0.3) is 0 Å². The van der Waals surface area contributed by atoms with Crippen LogP contribution in [0.4, 0.5) is 0 Å². The zero-order valence-corrected chi connectivity index (χ0v) is 15.9. The van der Waals surface area contributed by atoms with Gasteiger partial charge in [0.15, 0.2) is 0 Å². The summed E-state index contributed by atoms with van der Waals surface area (Å²) in [4.78, 5) is 10.3. The van der Waals surface area contributed by atoms with Gasteiger partial charge in [-0.2, -0.15) is 0 Å². The summed E-state index contributed by atoms with van der Waals surface area (Å²) in [6, 6.07) is 0. The zero-order chi connectivity index (χ0) is 20.3. The molecule has 1 unspecified atom stereocenters. The second-order valence-electron chi connectivity index (χ2n) is 5.92. The third kappa shape index (κ3) is 17.0. The fraction of sp³-hybridized carbons (Fsp3) is 0.409. The Morgan fingerprint density at radius 2 is 1.41 bits per heavy atom. The fourth-order valence-corrected chi connectivity index (χ4v) is 1.94. The molecule has 150 valence electrons. The lowest BCUT2D eigenvalue weighted by Crippen LogP contribution is -2.22. The lowest BCUT2D eigenvalue weighted by atomic mass is 10.1. The average molecular weight is 376 g/mol. The number of carboxylic acid groups (broad SMARTS) is 1. The maximum Gasteiger partial charge on any atom is 0.303 e. The van der Waals surface area contributed by atoms with Crippen LogP contribution in [0.25, 0.3) is 0 Å². The largest absolute Gasteiger partial charge is 0.481 e. The van der Waals surface area contributed by atoms with Gasteiger partial charge in [-0.3, -0.25) is 4.79 Å². The van der Waals surface area contributed by atoms with Crippen molar-refractivity contribution in [3.63, 3.8) is 0 Å². The molecule has 0 rings (SSSR count). The molecule has 0 fully saturated rings. The molecule has 0 saturated carbocycles. The third-order valence-corrected chi connectivity index (χ3v) is 3.44. The molecule has 0 aliphatic heterocycles. The van der Waals surface area contributed by atoms with Gasteiger partial charge in [0.1, 0.15) is 0 Å². The lowest BCUT2D eigenvalue weighted by Gasteiger charge is -2.11. The molecule has 0 bridgehead atoms. The van der Waals surface area contributed by atoms with Gasteiger partial charge in [-0.15, -0.1) is 0 Å². The van der Waals surface area contributed by atoms with Gasteiger partial charge in [0, 0.05) is 6.42 Å². The van der Waals surface area contributed by atoms with Crippen molar-refractivity contribution in [1.29, 1.82) is 0 Å². The Bertz CT molecular complexity index is 555. The Morgan fingerprint density at radius 3 is 2.04 bits per heavy atom. The number of carboxylic acids is 1. The maximum atomic E-state index is 10.3. The number of carbonyl (C=O) groups is 1. The molecule has 0 saturated heterocycles. The molecule has 0 aliphatic carbocycles. The summed E-state index contributed by atoms with van der Waals surface area (Å²) < 4.78 is 0. The van der Waals surface area contributed by atoms with Crippen LogP contribution in [-0.2, 0) is 4.79 Å². The van der Waals surface area contributed by atoms with E-state index < -0.39 is 24.3 Å². The van der Waals surface area contributed by atoms with Crippen LogP contribution in [0.1, 0.15) is 39.0 Å². The first kappa shape index (κ1) is 24.8. The Morgan fingerprint density at radius 1 is 0.815 bits per heavy atom. The first-order valence-corrected chi connectivity index (χ1v) is 9.21. The molecule has 3 atom stereocenters. The number of hydrogen-bond donors (Lipinski definition) is 4. The van der Waals surface area contributed by atoms with Gasteiger partial charge in [0.2, 0.25) is 0 Å². The highest BCUT2D eigenvalue weighted by Gasteiger charge is 2.10. The molecule has 0 aromatic rings. The summed E-state index contributed by atoms with van der Waals surface area (Å²) in [5, 5.41) is 37.7. The van der Waals surface area contributed by atoms with E-state index in [1.165, 1.54) is 6.08 Å². The summed E-state index contributed by atoms with van der Waals surface area (Å²) >= 11 is 0. The van der Waals surface area contributed by atoms with E-state index >= 15 is 0 Å². The summed E-state index contributed by atoms with van der Waals surface area (Å²) in [6.07, 6.45) is 21.0. The van der Waals surface area contributed by atoms with E-state index in [4.69, 9.17) is 5.11 Å². The molecule has 0 aliphatic rings. The van der Waals surface area contributed by atoms with E-state index in [2.05, 4.69) is 0 Å². The van der Waals surface area contributed by atoms with Gasteiger partial charge in [-0.1, -0.05) is 79.8 Å². The van der Waals surface area contributed by atoms with Crippen LogP contribution in [0.15, 0.2) is 72.9 Å². The minimum absolute atomic E-state index is 0.0951. The third-order valence-electron chi connectivity index (χ3n) is 3.44. The monoisotopic (exact) mass is 376 g/mol. The van der Waals surface area contributed by atoms with Gasteiger partial charge < -0.3 is 20.4 Å². The number of aliphatic carboxylic acids is 1. The van der Waals surface area contributed by atoms with Crippen molar-refractivity contribution in [2.75, 3.05) is 0 Å². The van der Waals surface area contributed by atoms with E-state index in [0.29, 0.717) is 19.3 Å². The standard InChI is InChI=1S/C22H32O5/c1-2-3-9-16-20(24)21(25)17-12-7-5-4-6-10-14-19(23)15-11-8-13-18-22(26)27/h3-12,14,17,19-21,23-25H,2,13,15-16,18H2,1H3,(H,26,27)/b6-4-,7-5+,9-3-,11-8-,14-10+,17-12+/t19-,20-,21?/m0/s1. The van der Waals surface area contributed by atoms with Crippen molar-refractivity contribution >= 4 is 5.97 Å². The first-order chi connectivity index (χ1) is 13.0. The molecule has 0 spiro atoms. The number of rotatable bonds is 14. The normalized spacial score (nSPS) is 16.6. The van der Waals surface area contributed by atoms with E-state index in [1.807, 2.05) is 19.1 Å². The molecule has 0 aromatic carbocycles. The van der Waals surface area contributed by atoms with E-state index in [0.717, 1.165) is 6.42 Å². The number of hydrogen-bond acceptors (Lipinski definition) is 4. The van der Waals surface area contributed by atoms with E-state index in [9.17, 15) is 20.1 Å². The van der Waals surface area contributed by atoms with Crippen molar-refractivity contribution in [3.05, 3.63) is 72.9 Å². The summed E-state index contributed by atoms with van der Waals surface area (Å²) in [7, 11) is 0. The molecule has 5 nitrogen and oxygen atoms in total. The Hall–Kier alpha value is -2.21. The molecule has 27 heavy (non-hydrogen) atoms. The summed E-state index contributed by atoms with van der Waals surface area (Å²) in [5.41, 5.74) is 0. The minimum atomic E-state index is -0.904. The quantitative estimate of drug-likeness (QED) is 0.275. The second kappa shape index (κ2) is 17.2. The SMILES string of the molecule is CC/C=C\C[C@H](O)C(O)/C=C/C=C/C=C\C=C\[C@H](O)C/C=C\CCC(=O)O. The van der Waals surface area contributed by atoms with E-state index in [1.54, 1.807) is 54.7 Å². The second-order valence-corrected chi connectivity index (χ2v) is 5.92. The Labute approximate surface area is 162 Å². The highest BCUT2D eigenvalue weighted by molar-refractivity contribution is 5.66. The smallest absolute Gasteiger partial charge is 0.303 e. The topological polar surface area (TPSA) is 98.0 Å². The van der Waals surface area contributed by atoms with Crippen molar-refractivity contribution in [3.8, 4) is 0 Å². The molecule has 0 amide bonds. The van der Waals surface area contributed by atoms with Gasteiger partial charge in [-0.25, -0.2) is 0 Å². The van der Waals surface area contributed by atoms with Crippen LogP contribution in [0, 0.1) is 0 Å². The zero-order valence-electron chi connectivity index (χ0n) is 15.9. The molecular formula is C22H32O5. The first-order valence-electron chi connectivity index (χ1n) is 9.21. The van der Waals surface area contributed by atoms with Crippen LogP contribution in [-0.4, -0.2) is 44.7 Å². The molecular weight excluding hydrogens is 344 g/mol. The van der Waals surface area contributed by atoms with Crippen LogP contribution >= 0.6 is 0 Å². The molecule has 0 heterocycles. The van der Waals surface area contributed by atoms with Crippen molar-refractivity contribution in [1.82, 2.24) is 0 Å². The predicted octanol–water partition coefficient (Wildman–Crippen LogP) is 3.46. The van der Waals surface area contributed by atoms with Gasteiger partial charge in [-0.05, 0) is 25.7 Å². The minimum Gasteiger partial charge on any atom is -0.481 e. The van der Waals surface area contributed by atoms with Crippen LogP contribution < -0.4 is 0 Å². The molecule has 0 radical (unpaired) electrons.